The Labute approximate surface area is 138 Å². The predicted molar refractivity (Wildman–Crippen MR) is 80.6 cm³/mol. The molecule has 0 aromatic heterocycles. The number of amides is 1. The number of para-hydroxylation sites is 1. The smallest absolute Gasteiger partial charge is 0.405 e. The zero-order valence-electron chi connectivity index (χ0n) is 13.1. The fraction of sp³-hybridized carbons (Fsp3) is 0.588. The summed E-state index contributed by atoms with van der Waals surface area (Å²) in [5, 5.41) is 2.85. The molecule has 24 heavy (non-hydrogen) atoms. The van der Waals surface area contributed by atoms with Gasteiger partial charge in [0.05, 0.1) is 6.10 Å². The van der Waals surface area contributed by atoms with Gasteiger partial charge in [-0.05, 0) is 43.2 Å². The van der Waals surface area contributed by atoms with Crippen molar-refractivity contribution in [2.75, 3.05) is 13.2 Å². The second kappa shape index (κ2) is 7.01. The van der Waals surface area contributed by atoms with Gasteiger partial charge in [0.1, 0.15) is 5.75 Å². The molecule has 2 fully saturated rings. The van der Waals surface area contributed by atoms with Crippen LogP contribution in [0.5, 0.6) is 5.75 Å². The lowest BCUT2D eigenvalue weighted by molar-refractivity contribution is -0.274. The van der Waals surface area contributed by atoms with Crippen molar-refractivity contribution in [1.29, 1.82) is 0 Å². The van der Waals surface area contributed by atoms with E-state index in [0.29, 0.717) is 18.5 Å². The van der Waals surface area contributed by atoms with E-state index in [1.54, 1.807) is 12.1 Å². The first kappa shape index (κ1) is 17.1. The monoisotopic (exact) mass is 343 g/mol. The quantitative estimate of drug-likeness (QED) is 0.892. The van der Waals surface area contributed by atoms with E-state index in [9.17, 15) is 18.0 Å². The van der Waals surface area contributed by atoms with Crippen LogP contribution in [-0.2, 0) is 9.53 Å². The van der Waals surface area contributed by atoms with Gasteiger partial charge in [-0.2, -0.15) is 0 Å². The first-order valence-corrected chi connectivity index (χ1v) is 8.18. The van der Waals surface area contributed by atoms with Crippen molar-refractivity contribution in [1.82, 2.24) is 5.32 Å². The fourth-order valence-electron chi connectivity index (χ4n) is 3.15. The SMILES string of the molecule is O=C(NC[C@@H]1CCCCO1)[C@H]1C[C@H]1c1ccccc1OC(F)(F)F. The summed E-state index contributed by atoms with van der Waals surface area (Å²) in [4.78, 5) is 12.2. The minimum atomic E-state index is -4.74. The van der Waals surface area contributed by atoms with E-state index in [4.69, 9.17) is 4.74 Å². The van der Waals surface area contributed by atoms with Crippen LogP contribution >= 0.6 is 0 Å². The van der Waals surface area contributed by atoms with Crippen LogP contribution in [-0.4, -0.2) is 31.5 Å². The Morgan fingerprint density at radius 2 is 2.08 bits per heavy atom. The summed E-state index contributed by atoms with van der Waals surface area (Å²) < 4.78 is 47.0. The molecular weight excluding hydrogens is 323 g/mol. The Balaban J connectivity index is 1.55. The van der Waals surface area contributed by atoms with E-state index in [1.165, 1.54) is 12.1 Å². The summed E-state index contributed by atoms with van der Waals surface area (Å²) in [5.41, 5.74) is 0.434. The molecule has 1 saturated heterocycles. The Hall–Kier alpha value is -1.76. The standard InChI is InChI=1S/C17H20F3NO3/c18-17(19,20)24-15-7-2-1-6-12(15)13-9-14(13)16(22)21-10-11-5-3-4-8-23-11/h1-2,6-7,11,13-14H,3-5,8-10H2,(H,21,22)/t11-,13-,14-/m0/s1. The van der Waals surface area contributed by atoms with Crippen LogP contribution in [0.2, 0.25) is 0 Å². The first-order valence-electron chi connectivity index (χ1n) is 8.18. The van der Waals surface area contributed by atoms with E-state index in [0.717, 1.165) is 25.9 Å². The maximum atomic E-state index is 12.5. The normalized spacial score (nSPS) is 26.7. The van der Waals surface area contributed by atoms with E-state index in [2.05, 4.69) is 10.1 Å². The van der Waals surface area contributed by atoms with Gasteiger partial charge in [-0.15, -0.1) is 13.2 Å². The molecule has 2 aliphatic rings. The van der Waals surface area contributed by atoms with Gasteiger partial charge in [-0.25, -0.2) is 0 Å². The topological polar surface area (TPSA) is 47.6 Å². The molecule has 0 radical (unpaired) electrons. The van der Waals surface area contributed by atoms with Crippen molar-refractivity contribution in [2.24, 2.45) is 5.92 Å². The molecule has 7 heteroatoms. The van der Waals surface area contributed by atoms with E-state index in [-0.39, 0.29) is 29.6 Å². The number of hydrogen-bond acceptors (Lipinski definition) is 3. The average molecular weight is 343 g/mol. The zero-order valence-corrected chi connectivity index (χ0v) is 13.1. The molecule has 132 valence electrons. The molecule has 1 aromatic carbocycles. The second-order valence-corrected chi connectivity index (χ2v) is 6.27. The number of alkyl halides is 3. The van der Waals surface area contributed by atoms with Crippen molar-refractivity contribution in [2.45, 2.75) is 44.1 Å². The van der Waals surface area contributed by atoms with Crippen LogP contribution in [0.1, 0.15) is 37.2 Å². The number of carbonyl (C=O) groups is 1. The summed E-state index contributed by atoms with van der Waals surface area (Å²) in [7, 11) is 0. The van der Waals surface area contributed by atoms with Gasteiger partial charge < -0.3 is 14.8 Å². The van der Waals surface area contributed by atoms with Crippen molar-refractivity contribution >= 4 is 5.91 Å². The van der Waals surface area contributed by atoms with Crippen LogP contribution in [0, 0.1) is 5.92 Å². The summed E-state index contributed by atoms with van der Waals surface area (Å²) in [6.45, 7) is 1.18. The zero-order chi connectivity index (χ0) is 17.2. The molecule has 0 bridgehead atoms. The minimum Gasteiger partial charge on any atom is -0.405 e. The number of ether oxygens (including phenoxy) is 2. The van der Waals surface area contributed by atoms with Gasteiger partial charge in [-0.1, -0.05) is 18.2 Å². The molecule has 3 rings (SSSR count). The minimum absolute atomic E-state index is 0.0424. The second-order valence-electron chi connectivity index (χ2n) is 6.27. The molecular formula is C17H20F3NO3. The molecule has 0 spiro atoms. The molecule has 1 heterocycles. The largest absolute Gasteiger partial charge is 0.573 e. The third-order valence-corrected chi connectivity index (χ3v) is 4.45. The predicted octanol–water partition coefficient (Wildman–Crippen LogP) is 3.37. The summed E-state index contributed by atoms with van der Waals surface area (Å²) in [6.07, 6.45) is -1.09. The highest BCUT2D eigenvalue weighted by Gasteiger charge is 2.46. The third kappa shape index (κ3) is 4.41. The molecule has 1 aliphatic carbocycles. The Morgan fingerprint density at radius 3 is 2.79 bits per heavy atom. The Morgan fingerprint density at radius 1 is 1.29 bits per heavy atom. The molecule has 1 aliphatic heterocycles. The number of carbonyl (C=O) groups excluding carboxylic acids is 1. The average Bonchev–Trinajstić information content (AvgIpc) is 3.33. The number of rotatable bonds is 5. The maximum Gasteiger partial charge on any atom is 0.573 e. The molecule has 0 unspecified atom stereocenters. The third-order valence-electron chi connectivity index (χ3n) is 4.45. The van der Waals surface area contributed by atoms with Gasteiger partial charge in [0, 0.05) is 19.1 Å². The lowest BCUT2D eigenvalue weighted by Gasteiger charge is -2.22. The van der Waals surface area contributed by atoms with Crippen LogP contribution in [0.15, 0.2) is 24.3 Å². The van der Waals surface area contributed by atoms with Gasteiger partial charge in [0.15, 0.2) is 0 Å². The number of halogens is 3. The van der Waals surface area contributed by atoms with Gasteiger partial charge in [0.2, 0.25) is 5.91 Å². The highest BCUT2D eigenvalue weighted by Crippen LogP contribution is 2.51. The molecule has 1 N–H and O–H groups in total. The van der Waals surface area contributed by atoms with E-state index < -0.39 is 6.36 Å². The van der Waals surface area contributed by atoms with Crippen molar-refractivity contribution in [3.63, 3.8) is 0 Å². The van der Waals surface area contributed by atoms with Crippen molar-refractivity contribution < 1.29 is 27.4 Å². The van der Waals surface area contributed by atoms with Gasteiger partial charge in [0.25, 0.3) is 0 Å². The lowest BCUT2D eigenvalue weighted by atomic mass is 10.1. The number of benzene rings is 1. The van der Waals surface area contributed by atoms with Crippen molar-refractivity contribution in [3.8, 4) is 5.75 Å². The highest BCUT2D eigenvalue weighted by atomic mass is 19.4. The molecule has 4 nitrogen and oxygen atoms in total. The highest BCUT2D eigenvalue weighted by molar-refractivity contribution is 5.83. The van der Waals surface area contributed by atoms with Crippen molar-refractivity contribution in [3.05, 3.63) is 29.8 Å². The molecule has 1 amide bonds. The van der Waals surface area contributed by atoms with E-state index in [1.807, 2.05) is 0 Å². The maximum absolute atomic E-state index is 12.5. The van der Waals surface area contributed by atoms with Crippen LogP contribution in [0.25, 0.3) is 0 Å². The van der Waals surface area contributed by atoms with Crippen LogP contribution < -0.4 is 10.1 Å². The fourth-order valence-corrected chi connectivity index (χ4v) is 3.15. The summed E-state index contributed by atoms with van der Waals surface area (Å²) in [5.74, 6) is -0.876. The Kier molecular flexibility index (Phi) is 4.99. The lowest BCUT2D eigenvalue weighted by Crippen LogP contribution is -2.36. The molecule has 1 aromatic rings. The number of nitrogens with one attached hydrogen (secondary N) is 1. The Bertz CT molecular complexity index is 585. The van der Waals surface area contributed by atoms with Crippen LogP contribution in [0.3, 0.4) is 0 Å². The summed E-state index contributed by atoms with van der Waals surface area (Å²) in [6, 6.07) is 6.01. The van der Waals surface area contributed by atoms with Gasteiger partial charge in [-0.3, -0.25) is 4.79 Å². The molecule has 1 saturated carbocycles. The van der Waals surface area contributed by atoms with E-state index >= 15 is 0 Å². The van der Waals surface area contributed by atoms with Gasteiger partial charge >= 0.3 is 6.36 Å². The summed E-state index contributed by atoms with van der Waals surface area (Å²) >= 11 is 0. The molecule has 3 atom stereocenters. The van der Waals surface area contributed by atoms with Crippen LogP contribution in [0.4, 0.5) is 13.2 Å². The number of hydrogen-bond donors (Lipinski definition) is 1. The first-order chi connectivity index (χ1) is 11.4.